The molecule has 3 nitrogen and oxygen atoms in total. The molecule has 0 bridgehead atoms. The summed E-state index contributed by atoms with van der Waals surface area (Å²) in [6, 6.07) is 12.7. The second-order valence-corrected chi connectivity index (χ2v) is 4.19. The van der Waals surface area contributed by atoms with E-state index in [2.05, 4.69) is 0 Å². The number of aromatic carboxylic acids is 1. The molecule has 0 aliphatic rings. The molecule has 0 aliphatic carbocycles. The van der Waals surface area contributed by atoms with Crippen molar-refractivity contribution in [2.45, 2.75) is 13.5 Å². The number of carbonyl (C=O) groups is 1. The zero-order valence-electron chi connectivity index (χ0n) is 10.1. The lowest BCUT2D eigenvalue weighted by atomic mass is 9.98. The van der Waals surface area contributed by atoms with Gasteiger partial charge in [-0.1, -0.05) is 30.3 Å². The molecule has 2 N–H and O–H groups in total. The first-order valence-electron chi connectivity index (χ1n) is 5.66. The van der Waals surface area contributed by atoms with Crippen molar-refractivity contribution in [1.82, 2.24) is 0 Å². The lowest BCUT2D eigenvalue weighted by molar-refractivity contribution is 0.0697. The van der Waals surface area contributed by atoms with Crippen molar-refractivity contribution in [3.8, 4) is 11.1 Å². The summed E-state index contributed by atoms with van der Waals surface area (Å²) in [5.74, 6) is -0.916. The highest BCUT2D eigenvalue weighted by Crippen LogP contribution is 2.24. The first kappa shape index (κ1) is 12.3. The third kappa shape index (κ3) is 2.41. The number of benzene rings is 2. The monoisotopic (exact) mass is 242 g/mol. The quantitative estimate of drug-likeness (QED) is 0.870. The fourth-order valence-corrected chi connectivity index (χ4v) is 1.91. The van der Waals surface area contributed by atoms with Crippen LogP contribution in [0.3, 0.4) is 0 Å². The molecule has 0 spiro atoms. The molecule has 2 aromatic carbocycles. The minimum atomic E-state index is -0.916. The van der Waals surface area contributed by atoms with Crippen LogP contribution in [-0.4, -0.2) is 16.2 Å². The van der Waals surface area contributed by atoms with Crippen molar-refractivity contribution in [2.24, 2.45) is 0 Å². The van der Waals surface area contributed by atoms with E-state index in [-0.39, 0.29) is 6.61 Å². The van der Waals surface area contributed by atoms with Gasteiger partial charge in [0.05, 0.1) is 12.2 Å². The summed E-state index contributed by atoms with van der Waals surface area (Å²) < 4.78 is 0. The molecule has 18 heavy (non-hydrogen) atoms. The summed E-state index contributed by atoms with van der Waals surface area (Å²) in [5, 5.41) is 17.9. The van der Waals surface area contributed by atoms with Gasteiger partial charge in [0.2, 0.25) is 0 Å². The van der Waals surface area contributed by atoms with Gasteiger partial charge in [-0.2, -0.15) is 0 Å². The molecule has 0 amide bonds. The first-order valence-corrected chi connectivity index (χ1v) is 5.66. The Balaban J connectivity index is 2.41. The summed E-state index contributed by atoms with van der Waals surface area (Å²) in [7, 11) is 0. The van der Waals surface area contributed by atoms with E-state index in [1.807, 2.05) is 37.3 Å². The summed E-state index contributed by atoms with van der Waals surface area (Å²) in [6.07, 6.45) is 0. The number of hydrogen-bond acceptors (Lipinski definition) is 2. The molecule has 2 rings (SSSR count). The molecule has 0 radical (unpaired) electrons. The van der Waals surface area contributed by atoms with Crippen LogP contribution >= 0.6 is 0 Å². The van der Waals surface area contributed by atoms with E-state index in [9.17, 15) is 4.79 Å². The molecule has 2 aromatic rings. The normalized spacial score (nSPS) is 10.3. The topological polar surface area (TPSA) is 57.5 Å². The maximum absolute atomic E-state index is 10.9. The molecule has 92 valence electrons. The van der Waals surface area contributed by atoms with Gasteiger partial charge in [-0.05, 0) is 41.3 Å². The lowest BCUT2D eigenvalue weighted by Crippen LogP contribution is -1.97. The van der Waals surface area contributed by atoms with Crippen molar-refractivity contribution in [3.63, 3.8) is 0 Å². The molecule has 0 unspecified atom stereocenters. The van der Waals surface area contributed by atoms with Crippen LogP contribution in [0.1, 0.15) is 21.5 Å². The molecule has 0 aliphatic heterocycles. The largest absolute Gasteiger partial charge is 0.478 e. The number of aliphatic hydroxyl groups excluding tert-OH is 1. The van der Waals surface area contributed by atoms with Crippen LogP contribution in [0.5, 0.6) is 0 Å². The number of aliphatic hydroxyl groups is 1. The first-order chi connectivity index (χ1) is 8.61. The highest BCUT2D eigenvalue weighted by Gasteiger charge is 2.07. The van der Waals surface area contributed by atoms with Crippen molar-refractivity contribution in [3.05, 3.63) is 59.2 Å². The van der Waals surface area contributed by atoms with E-state index in [0.29, 0.717) is 5.56 Å². The van der Waals surface area contributed by atoms with E-state index < -0.39 is 5.97 Å². The molecule has 0 atom stereocenters. The van der Waals surface area contributed by atoms with E-state index in [1.165, 1.54) is 0 Å². The van der Waals surface area contributed by atoms with E-state index in [0.717, 1.165) is 22.3 Å². The zero-order chi connectivity index (χ0) is 13.1. The van der Waals surface area contributed by atoms with Gasteiger partial charge in [0, 0.05) is 0 Å². The highest BCUT2D eigenvalue weighted by atomic mass is 16.4. The predicted molar refractivity (Wildman–Crippen MR) is 69.5 cm³/mol. The Hall–Kier alpha value is -2.13. The van der Waals surface area contributed by atoms with Gasteiger partial charge in [0.15, 0.2) is 0 Å². The van der Waals surface area contributed by atoms with Gasteiger partial charge in [0.25, 0.3) is 0 Å². The third-order valence-corrected chi connectivity index (χ3v) is 2.92. The number of hydrogen-bond donors (Lipinski definition) is 2. The van der Waals surface area contributed by atoms with Gasteiger partial charge < -0.3 is 10.2 Å². The maximum atomic E-state index is 10.9. The van der Waals surface area contributed by atoms with Crippen molar-refractivity contribution < 1.29 is 15.0 Å². The van der Waals surface area contributed by atoms with Gasteiger partial charge >= 0.3 is 5.97 Å². The van der Waals surface area contributed by atoms with Crippen molar-refractivity contribution in [1.29, 1.82) is 0 Å². The lowest BCUT2D eigenvalue weighted by Gasteiger charge is -2.07. The van der Waals surface area contributed by atoms with Gasteiger partial charge in [-0.25, -0.2) is 4.79 Å². The fourth-order valence-electron chi connectivity index (χ4n) is 1.91. The van der Waals surface area contributed by atoms with Crippen LogP contribution in [0.25, 0.3) is 11.1 Å². The van der Waals surface area contributed by atoms with Gasteiger partial charge in [0.1, 0.15) is 0 Å². The van der Waals surface area contributed by atoms with Crippen LogP contribution in [0.2, 0.25) is 0 Å². The average molecular weight is 242 g/mol. The Morgan fingerprint density at radius 3 is 2.28 bits per heavy atom. The SMILES string of the molecule is Cc1cc(C(=O)O)ccc1-c1ccc(CO)cc1. The van der Waals surface area contributed by atoms with Crippen LogP contribution in [-0.2, 0) is 6.61 Å². The number of rotatable bonds is 3. The van der Waals surface area contributed by atoms with Crippen molar-refractivity contribution in [2.75, 3.05) is 0 Å². The van der Waals surface area contributed by atoms with Crippen LogP contribution in [0.15, 0.2) is 42.5 Å². The highest BCUT2D eigenvalue weighted by molar-refractivity contribution is 5.89. The summed E-state index contributed by atoms with van der Waals surface area (Å²) >= 11 is 0. The smallest absolute Gasteiger partial charge is 0.335 e. The number of aryl methyl sites for hydroxylation is 1. The standard InChI is InChI=1S/C15H14O3/c1-10-8-13(15(17)18)6-7-14(10)12-4-2-11(9-16)3-5-12/h2-8,16H,9H2,1H3,(H,17,18). The Bertz CT molecular complexity index is 571. The van der Waals surface area contributed by atoms with E-state index in [1.54, 1.807) is 12.1 Å². The Kier molecular flexibility index (Phi) is 3.44. The minimum Gasteiger partial charge on any atom is -0.478 e. The molecule has 0 fully saturated rings. The van der Waals surface area contributed by atoms with E-state index in [4.69, 9.17) is 10.2 Å². The Morgan fingerprint density at radius 1 is 1.11 bits per heavy atom. The van der Waals surface area contributed by atoms with Crippen LogP contribution < -0.4 is 0 Å². The molecule has 0 saturated carbocycles. The Labute approximate surface area is 105 Å². The second-order valence-electron chi connectivity index (χ2n) is 4.19. The summed E-state index contributed by atoms with van der Waals surface area (Å²) in [5.41, 5.74) is 4.10. The number of carboxylic acid groups (broad SMARTS) is 1. The molecule has 3 heteroatoms. The molecule has 0 heterocycles. The third-order valence-electron chi connectivity index (χ3n) is 2.92. The molecular formula is C15H14O3. The van der Waals surface area contributed by atoms with Gasteiger partial charge in [-0.3, -0.25) is 0 Å². The average Bonchev–Trinajstić information content (AvgIpc) is 2.38. The van der Waals surface area contributed by atoms with Gasteiger partial charge in [-0.15, -0.1) is 0 Å². The van der Waals surface area contributed by atoms with Crippen LogP contribution in [0.4, 0.5) is 0 Å². The second kappa shape index (κ2) is 5.02. The fraction of sp³-hybridized carbons (Fsp3) is 0.133. The van der Waals surface area contributed by atoms with Crippen molar-refractivity contribution >= 4 is 5.97 Å². The summed E-state index contributed by atoms with van der Waals surface area (Å²) in [6.45, 7) is 1.92. The summed E-state index contributed by atoms with van der Waals surface area (Å²) in [4.78, 5) is 10.9. The molecule has 0 saturated heterocycles. The van der Waals surface area contributed by atoms with E-state index >= 15 is 0 Å². The van der Waals surface area contributed by atoms with Crippen LogP contribution in [0, 0.1) is 6.92 Å². The molecule has 0 aromatic heterocycles. The predicted octanol–water partition coefficient (Wildman–Crippen LogP) is 2.85. The minimum absolute atomic E-state index is 0.0250. The Morgan fingerprint density at radius 2 is 1.78 bits per heavy atom. The molecular weight excluding hydrogens is 228 g/mol. The zero-order valence-corrected chi connectivity index (χ0v) is 10.1. The number of carboxylic acids is 1. The maximum Gasteiger partial charge on any atom is 0.335 e.